The van der Waals surface area contributed by atoms with Crippen molar-refractivity contribution in [2.45, 2.75) is 53.4 Å². The minimum Gasteiger partial charge on any atom is -0.391 e. The summed E-state index contributed by atoms with van der Waals surface area (Å²) in [7, 11) is 0. The Hall–Kier alpha value is -1.87. The van der Waals surface area contributed by atoms with Gasteiger partial charge in [0.05, 0.1) is 0 Å². The number of thiazole rings is 1. The Morgan fingerprint density at radius 2 is 2.12 bits per heavy atom. The molecule has 0 spiro atoms. The lowest BCUT2D eigenvalue weighted by Gasteiger charge is -2.12. The van der Waals surface area contributed by atoms with Gasteiger partial charge in [0.1, 0.15) is 5.01 Å². The van der Waals surface area contributed by atoms with Crippen molar-refractivity contribution in [3.63, 3.8) is 0 Å². The first-order valence-electron chi connectivity index (χ1n) is 9.68. The van der Waals surface area contributed by atoms with E-state index in [9.17, 15) is 0 Å². The number of nitrogens with one attached hydrogen (secondary N) is 1. The minimum absolute atomic E-state index is 0.558. The highest BCUT2D eigenvalue weighted by Gasteiger charge is 2.09. The van der Waals surface area contributed by atoms with Gasteiger partial charge in [-0.05, 0) is 73.6 Å². The van der Waals surface area contributed by atoms with E-state index in [0.717, 1.165) is 37.2 Å². The van der Waals surface area contributed by atoms with Crippen LogP contribution in [0.1, 0.15) is 56.0 Å². The van der Waals surface area contributed by atoms with E-state index in [-0.39, 0.29) is 0 Å². The topological polar surface area (TPSA) is 24.9 Å². The van der Waals surface area contributed by atoms with Gasteiger partial charge >= 0.3 is 0 Å². The van der Waals surface area contributed by atoms with Crippen molar-refractivity contribution in [2.24, 2.45) is 5.92 Å². The van der Waals surface area contributed by atoms with Gasteiger partial charge in [-0.25, -0.2) is 4.98 Å². The number of rotatable bonds is 10. The van der Waals surface area contributed by atoms with Crippen molar-refractivity contribution < 1.29 is 0 Å². The number of benzene rings is 1. The maximum atomic E-state index is 4.58. The highest BCUT2D eigenvalue weighted by atomic mass is 32.1. The van der Waals surface area contributed by atoms with Gasteiger partial charge in [-0.2, -0.15) is 0 Å². The Labute approximate surface area is 163 Å². The lowest BCUT2D eigenvalue weighted by molar-refractivity contribution is 0.642. The first-order valence-corrected chi connectivity index (χ1v) is 10.5. The van der Waals surface area contributed by atoms with Crippen molar-refractivity contribution in [3.05, 3.63) is 59.3 Å². The Kier molecular flexibility index (Phi) is 8.11. The van der Waals surface area contributed by atoms with Gasteiger partial charge in [0.15, 0.2) is 0 Å². The van der Waals surface area contributed by atoms with E-state index in [2.05, 4.69) is 75.0 Å². The standard InChI is InChI=1S/C23H32N2S/c1-6-11-24-12-10-17(3)8-9-20-13-21(18(4)7-2)15-22(14-20)23-25-16-19(5)26-23/h10,12-17,24H,4,6-9,11H2,1-3,5H3/b12-10+. The fourth-order valence-corrected chi connectivity index (χ4v) is 3.56. The number of aromatic nitrogens is 1. The SMILES string of the molecule is C=C(CC)c1cc(CCC(C)/C=C/NCCC)cc(-c2ncc(C)s2)c1. The number of nitrogens with zero attached hydrogens (tertiary/aromatic N) is 1. The maximum Gasteiger partial charge on any atom is 0.123 e. The summed E-state index contributed by atoms with van der Waals surface area (Å²) in [5.74, 6) is 0.558. The molecular weight excluding hydrogens is 336 g/mol. The molecule has 2 rings (SSSR count). The van der Waals surface area contributed by atoms with Crippen molar-refractivity contribution in [1.29, 1.82) is 0 Å². The smallest absolute Gasteiger partial charge is 0.123 e. The quantitative estimate of drug-likeness (QED) is 0.476. The van der Waals surface area contributed by atoms with Crippen molar-refractivity contribution in [3.8, 4) is 10.6 Å². The predicted molar refractivity (Wildman–Crippen MR) is 117 cm³/mol. The molecule has 1 atom stereocenters. The largest absolute Gasteiger partial charge is 0.391 e. The van der Waals surface area contributed by atoms with Crippen LogP contribution in [0.4, 0.5) is 0 Å². The Bertz CT molecular complexity index is 742. The van der Waals surface area contributed by atoms with Gasteiger partial charge in [-0.1, -0.05) is 39.5 Å². The van der Waals surface area contributed by atoms with Gasteiger partial charge in [-0.15, -0.1) is 11.3 Å². The van der Waals surface area contributed by atoms with Crippen LogP contribution in [0.5, 0.6) is 0 Å². The molecule has 1 unspecified atom stereocenters. The van der Waals surface area contributed by atoms with E-state index in [1.54, 1.807) is 11.3 Å². The van der Waals surface area contributed by atoms with Crippen LogP contribution in [0.25, 0.3) is 16.1 Å². The fraction of sp³-hybridized carbons (Fsp3) is 0.435. The van der Waals surface area contributed by atoms with Crippen molar-refractivity contribution in [1.82, 2.24) is 10.3 Å². The average molecular weight is 369 g/mol. The van der Waals surface area contributed by atoms with Crippen LogP contribution in [0.15, 0.2) is 43.3 Å². The van der Waals surface area contributed by atoms with Crippen LogP contribution in [-0.2, 0) is 6.42 Å². The Morgan fingerprint density at radius 3 is 2.77 bits per heavy atom. The average Bonchev–Trinajstić information content (AvgIpc) is 3.09. The molecule has 0 radical (unpaired) electrons. The molecule has 1 N–H and O–H groups in total. The normalized spacial score (nSPS) is 12.5. The molecule has 0 saturated heterocycles. The number of hydrogen-bond donors (Lipinski definition) is 1. The molecule has 1 aromatic heterocycles. The third kappa shape index (κ3) is 6.14. The van der Waals surface area contributed by atoms with Crippen LogP contribution in [0, 0.1) is 12.8 Å². The molecule has 0 aliphatic carbocycles. The molecule has 0 bridgehead atoms. The predicted octanol–water partition coefficient (Wildman–Crippen LogP) is 6.62. The molecule has 26 heavy (non-hydrogen) atoms. The third-order valence-corrected chi connectivity index (χ3v) is 5.48. The second-order valence-electron chi connectivity index (χ2n) is 6.98. The van der Waals surface area contributed by atoms with Gasteiger partial charge in [0.2, 0.25) is 0 Å². The van der Waals surface area contributed by atoms with E-state index in [0.29, 0.717) is 5.92 Å². The summed E-state index contributed by atoms with van der Waals surface area (Å²) >= 11 is 1.76. The van der Waals surface area contributed by atoms with Gasteiger partial charge in [0, 0.05) is 23.2 Å². The lowest BCUT2D eigenvalue weighted by atomic mass is 9.95. The lowest BCUT2D eigenvalue weighted by Crippen LogP contribution is -2.06. The van der Waals surface area contributed by atoms with Gasteiger partial charge in [-0.3, -0.25) is 0 Å². The van der Waals surface area contributed by atoms with E-state index in [4.69, 9.17) is 0 Å². The molecular formula is C23H32N2S. The minimum atomic E-state index is 0.558. The molecule has 1 aromatic carbocycles. The summed E-state index contributed by atoms with van der Waals surface area (Å²) in [5, 5.41) is 4.43. The number of allylic oxidation sites excluding steroid dienone is 2. The first-order chi connectivity index (χ1) is 12.5. The molecule has 1 heterocycles. The number of aryl methyl sites for hydroxylation is 2. The van der Waals surface area contributed by atoms with Crippen LogP contribution < -0.4 is 5.32 Å². The third-order valence-electron chi connectivity index (χ3n) is 4.52. The second-order valence-corrected chi connectivity index (χ2v) is 8.22. The van der Waals surface area contributed by atoms with Crippen molar-refractivity contribution >= 4 is 16.9 Å². The van der Waals surface area contributed by atoms with Crippen LogP contribution in [0.3, 0.4) is 0 Å². The summed E-state index contributed by atoms with van der Waals surface area (Å²) in [4.78, 5) is 5.83. The van der Waals surface area contributed by atoms with Crippen LogP contribution in [0.2, 0.25) is 0 Å². The molecule has 0 saturated carbocycles. The van der Waals surface area contributed by atoms with E-state index < -0.39 is 0 Å². The molecule has 2 nitrogen and oxygen atoms in total. The summed E-state index contributed by atoms with van der Waals surface area (Å²) in [6.45, 7) is 14.0. The van der Waals surface area contributed by atoms with Crippen LogP contribution >= 0.6 is 11.3 Å². The maximum absolute atomic E-state index is 4.58. The molecule has 0 aliphatic heterocycles. The zero-order valence-electron chi connectivity index (χ0n) is 16.6. The molecule has 3 heteroatoms. The Morgan fingerprint density at radius 1 is 1.31 bits per heavy atom. The first kappa shape index (κ1) is 20.4. The fourth-order valence-electron chi connectivity index (χ4n) is 2.81. The van der Waals surface area contributed by atoms with Gasteiger partial charge < -0.3 is 5.32 Å². The summed E-state index contributed by atoms with van der Waals surface area (Å²) < 4.78 is 0. The monoisotopic (exact) mass is 368 g/mol. The highest BCUT2D eigenvalue weighted by molar-refractivity contribution is 7.14. The summed E-state index contributed by atoms with van der Waals surface area (Å²) in [5.41, 5.74) is 5.04. The molecule has 0 aliphatic rings. The summed E-state index contributed by atoms with van der Waals surface area (Å²) in [6, 6.07) is 6.85. The zero-order chi connectivity index (χ0) is 18.9. The van der Waals surface area contributed by atoms with E-state index in [1.165, 1.54) is 27.1 Å². The highest BCUT2D eigenvalue weighted by Crippen LogP contribution is 2.30. The summed E-state index contributed by atoms with van der Waals surface area (Å²) in [6.07, 6.45) is 10.7. The molecule has 0 fully saturated rings. The van der Waals surface area contributed by atoms with Crippen LogP contribution in [-0.4, -0.2) is 11.5 Å². The van der Waals surface area contributed by atoms with E-state index >= 15 is 0 Å². The molecule has 2 aromatic rings. The van der Waals surface area contributed by atoms with Crippen molar-refractivity contribution in [2.75, 3.05) is 6.54 Å². The molecule has 140 valence electrons. The second kappa shape index (κ2) is 10.3. The zero-order valence-corrected chi connectivity index (χ0v) is 17.5. The number of hydrogen-bond acceptors (Lipinski definition) is 3. The molecule has 0 amide bonds. The Balaban J connectivity index is 2.14. The van der Waals surface area contributed by atoms with Gasteiger partial charge in [0.25, 0.3) is 0 Å². The van der Waals surface area contributed by atoms with E-state index in [1.807, 2.05) is 6.20 Å².